The van der Waals surface area contributed by atoms with Gasteiger partial charge in [0.15, 0.2) is 11.3 Å². The Bertz CT molecular complexity index is 911. The first kappa shape index (κ1) is 18.0. The van der Waals surface area contributed by atoms with E-state index in [1.54, 1.807) is 0 Å². The van der Waals surface area contributed by atoms with Gasteiger partial charge in [-0.3, -0.25) is 0 Å². The zero-order valence-corrected chi connectivity index (χ0v) is 13.4. The van der Waals surface area contributed by atoms with E-state index in [1.807, 2.05) is 6.07 Å². The summed E-state index contributed by atoms with van der Waals surface area (Å²) in [5.74, 6) is 4.99. The Labute approximate surface area is 146 Å². The summed E-state index contributed by atoms with van der Waals surface area (Å²) >= 11 is 0. The van der Waals surface area contributed by atoms with Gasteiger partial charge in [-0.1, -0.05) is 11.8 Å². The van der Waals surface area contributed by atoms with Crippen LogP contribution in [-0.4, -0.2) is 25.9 Å². The quantitative estimate of drug-likeness (QED) is 0.674. The normalized spacial score (nSPS) is 17.5. The molecule has 1 heterocycles. The van der Waals surface area contributed by atoms with Crippen molar-refractivity contribution in [1.29, 1.82) is 5.26 Å². The van der Waals surface area contributed by atoms with Gasteiger partial charge in [0.05, 0.1) is 24.6 Å². The maximum absolute atomic E-state index is 14.7. The van der Waals surface area contributed by atoms with Gasteiger partial charge < -0.3 is 9.67 Å². The molecule has 0 spiro atoms. The fourth-order valence-corrected chi connectivity index (χ4v) is 2.52. The molecule has 1 fully saturated rings. The number of hydrogen-bond donors (Lipinski definition) is 1. The first-order valence-electron chi connectivity index (χ1n) is 7.69. The fraction of sp³-hybridized carbons (Fsp3) is 0.333. The van der Waals surface area contributed by atoms with E-state index in [0.717, 1.165) is 24.3 Å². The van der Waals surface area contributed by atoms with E-state index in [4.69, 9.17) is 5.26 Å². The SMILES string of the molecule is N#Cc1cncn1CC(O)(C#Cc1ccc(C(F)(F)F)cc1)C1(F)CC1. The summed E-state index contributed by atoms with van der Waals surface area (Å²) in [6.45, 7) is -0.306. The molecule has 1 N–H and O–H groups in total. The van der Waals surface area contributed by atoms with Gasteiger partial charge in [-0.05, 0) is 37.1 Å². The van der Waals surface area contributed by atoms with Gasteiger partial charge >= 0.3 is 6.18 Å². The van der Waals surface area contributed by atoms with Crippen LogP contribution >= 0.6 is 0 Å². The summed E-state index contributed by atoms with van der Waals surface area (Å²) in [5, 5.41) is 19.8. The van der Waals surface area contributed by atoms with Crippen LogP contribution in [0, 0.1) is 23.2 Å². The minimum absolute atomic E-state index is 0.113. The molecule has 1 aromatic carbocycles. The van der Waals surface area contributed by atoms with Crippen molar-refractivity contribution >= 4 is 0 Å². The highest BCUT2D eigenvalue weighted by molar-refractivity contribution is 5.40. The number of benzene rings is 1. The van der Waals surface area contributed by atoms with Gasteiger partial charge in [-0.25, -0.2) is 9.37 Å². The second-order valence-electron chi connectivity index (χ2n) is 6.17. The summed E-state index contributed by atoms with van der Waals surface area (Å²) in [6.07, 6.45) is -1.67. The number of rotatable bonds is 3. The molecule has 0 bridgehead atoms. The standard InChI is InChI=1S/C18H13F4N3O/c19-16(7-8-16)17(26,11-25-12-24-10-15(25)9-23)6-5-13-1-3-14(4-2-13)18(20,21)22/h1-4,10,12,26H,7-8,11H2. The molecular weight excluding hydrogens is 350 g/mol. The summed E-state index contributed by atoms with van der Waals surface area (Å²) in [7, 11) is 0. The molecule has 0 radical (unpaired) electrons. The molecule has 0 aliphatic heterocycles. The Balaban J connectivity index is 1.89. The number of nitriles is 1. The van der Waals surface area contributed by atoms with Crippen molar-refractivity contribution < 1.29 is 22.7 Å². The van der Waals surface area contributed by atoms with E-state index in [0.29, 0.717) is 0 Å². The lowest BCUT2D eigenvalue weighted by Gasteiger charge is -2.27. The van der Waals surface area contributed by atoms with Gasteiger partial charge in [0, 0.05) is 5.56 Å². The lowest BCUT2D eigenvalue weighted by molar-refractivity contribution is -0.137. The van der Waals surface area contributed by atoms with E-state index in [2.05, 4.69) is 16.8 Å². The maximum atomic E-state index is 14.7. The minimum Gasteiger partial charge on any atom is -0.373 e. The third-order valence-corrected chi connectivity index (χ3v) is 4.28. The average Bonchev–Trinajstić information content (AvgIpc) is 3.20. The molecule has 0 amide bonds. The number of alkyl halides is 4. The monoisotopic (exact) mass is 363 g/mol. The summed E-state index contributed by atoms with van der Waals surface area (Å²) in [6, 6.07) is 5.93. The molecule has 8 heteroatoms. The van der Waals surface area contributed by atoms with Crippen molar-refractivity contribution in [3.63, 3.8) is 0 Å². The summed E-state index contributed by atoms with van der Waals surface area (Å²) in [5.41, 5.74) is -4.47. The highest BCUT2D eigenvalue weighted by Gasteiger charge is 2.60. The third-order valence-electron chi connectivity index (χ3n) is 4.28. The van der Waals surface area contributed by atoms with Crippen molar-refractivity contribution in [3.8, 4) is 17.9 Å². The zero-order valence-electron chi connectivity index (χ0n) is 13.4. The molecule has 1 aliphatic rings. The Hall–Kier alpha value is -2.84. The molecule has 1 saturated carbocycles. The second-order valence-corrected chi connectivity index (χ2v) is 6.17. The van der Waals surface area contributed by atoms with E-state index < -0.39 is 23.0 Å². The van der Waals surface area contributed by atoms with Crippen molar-refractivity contribution in [3.05, 3.63) is 53.6 Å². The highest BCUT2D eigenvalue weighted by atomic mass is 19.4. The van der Waals surface area contributed by atoms with Crippen LogP contribution in [0.5, 0.6) is 0 Å². The summed E-state index contributed by atoms with van der Waals surface area (Å²) in [4.78, 5) is 3.78. The molecule has 1 aromatic heterocycles. The minimum atomic E-state index is -4.46. The first-order valence-corrected chi connectivity index (χ1v) is 7.69. The molecule has 1 unspecified atom stereocenters. The second kappa shape index (κ2) is 6.15. The van der Waals surface area contributed by atoms with Crippen LogP contribution in [0.2, 0.25) is 0 Å². The number of aromatic nitrogens is 2. The van der Waals surface area contributed by atoms with E-state index in [-0.39, 0.29) is 30.6 Å². The van der Waals surface area contributed by atoms with Gasteiger partial charge in [0.1, 0.15) is 11.8 Å². The Kier molecular flexibility index (Phi) is 4.25. The summed E-state index contributed by atoms with van der Waals surface area (Å²) < 4.78 is 53.7. The van der Waals surface area contributed by atoms with Crippen molar-refractivity contribution in [2.24, 2.45) is 0 Å². The molecule has 26 heavy (non-hydrogen) atoms. The van der Waals surface area contributed by atoms with Gasteiger partial charge in [0.2, 0.25) is 0 Å². The molecule has 1 aliphatic carbocycles. The van der Waals surface area contributed by atoms with Crippen LogP contribution in [0.4, 0.5) is 17.6 Å². The van der Waals surface area contributed by atoms with Crippen LogP contribution in [0.25, 0.3) is 0 Å². The highest BCUT2D eigenvalue weighted by Crippen LogP contribution is 2.49. The Morgan fingerprint density at radius 3 is 2.42 bits per heavy atom. The van der Waals surface area contributed by atoms with Crippen molar-refractivity contribution in [1.82, 2.24) is 9.55 Å². The molecule has 134 valence electrons. The van der Waals surface area contributed by atoms with Gasteiger partial charge in [0.25, 0.3) is 0 Å². The van der Waals surface area contributed by atoms with Crippen molar-refractivity contribution in [2.45, 2.75) is 36.8 Å². The predicted octanol–water partition coefficient (Wildman–Crippen LogP) is 3.06. The lowest BCUT2D eigenvalue weighted by Crippen LogP contribution is -2.44. The number of aliphatic hydroxyl groups is 1. The number of nitrogens with zero attached hydrogens (tertiary/aromatic N) is 3. The van der Waals surface area contributed by atoms with Crippen molar-refractivity contribution in [2.75, 3.05) is 0 Å². The molecule has 4 nitrogen and oxygen atoms in total. The van der Waals surface area contributed by atoms with Crippen LogP contribution < -0.4 is 0 Å². The van der Waals surface area contributed by atoms with E-state index in [1.165, 1.54) is 17.1 Å². The smallest absolute Gasteiger partial charge is 0.373 e. The molecule has 1 atom stereocenters. The molecular formula is C18H13F4N3O. The fourth-order valence-electron chi connectivity index (χ4n) is 2.52. The van der Waals surface area contributed by atoms with Gasteiger partial charge in [-0.2, -0.15) is 18.4 Å². The third kappa shape index (κ3) is 3.42. The zero-order chi connectivity index (χ0) is 19.0. The van der Waals surface area contributed by atoms with Gasteiger partial charge in [-0.15, -0.1) is 0 Å². The number of halogens is 4. The topological polar surface area (TPSA) is 61.8 Å². The van der Waals surface area contributed by atoms with Crippen LogP contribution in [-0.2, 0) is 12.7 Å². The van der Waals surface area contributed by atoms with Crippen LogP contribution in [0.3, 0.4) is 0 Å². The number of imidazole rings is 1. The van der Waals surface area contributed by atoms with E-state index in [9.17, 15) is 22.7 Å². The number of hydrogen-bond acceptors (Lipinski definition) is 3. The largest absolute Gasteiger partial charge is 0.416 e. The Morgan fingerprint density at radius 1 is 1.23 bits per heavy atom. The van der Waals surface area contributed by atoms with Crippen LogP contribution in [0.15, 0.2) is 36.8 Å². The van der Waals surface area contributed by atoms with Crippen LogP contribution in [0.1, 0.15) is 29.7 Å². The predicted molar refractivity (Wildman–Crippen MR) is 83.3 cm³/mol. The molecule has 3 rings (SSSR count). The lowest BCUT2D eigenvalue weighted by atomic mass is 9.95. The molecule has 0 saturated heterocycles. The average molecular weight is 363 g/mol. The first-order chi connectivity index (χ1) is 12.2. The van der Waals surface area contributed by atoms with E-state index >= 15 is 0 Å². The Morgan fingerprint density at radius 2 is 1.88 bits per heavy atom. The molecule has 2 aromatic rings. The maximum Gasteiger partial charge on any atom is 0.416 e.